The molecule has 0 amide bonds. The second-order valence-corrected chi connectivity index (χ2v) is 4.90. The van der Waals surface area contributed by atoms with Crippen LogP contribution in [0.4, 0.5) is 0 Å². The zero-order chi connectivity index (χ0) is 11.6. The van der Waals surface area contributed by atoms with Crippen molar-refractivity contribution in [3.8, 4) is 0 Å². The second-order valence-electron chi connectivity index (χ2n) is 4.90. The Labute approximate surface area is 85.8 Å². The Balaban J connectivity index is 4.60. The van der Waals surface area contributed by atoms with Gasteiger partial charge in [-0.15, -0.1) is 0 Å². The van der Waals surface area contributed by atoms with Crippen LogP contribution in [0.5, 0.6) is 0 Å². The minimum atomic E-state index is -1.03. The molecule has 0 saturated carbocycles. The van der Waals surface area contributed by atoms with E-state index in [9.17, 15) is 9.59 Å². The molecule has 0 unspecified atom stereocenters. The molecule has 0 rings (SSSR count). The maximum absolute atomic E-state index is 11.6. The first-order valence-electron chi connectivity index (χ1n) is 4.88. The fraction of sp³-hybridized carbons (Fsp3) is 0.818. The van der Waals surface area contributed by atoms with Gasteiger partial charge in [0.25, 0.3) is 0 Å². The Hall–Kier alpha value is -0.860. The van der Waals surface area contributed by atoms with Crippen molar-refractivity contribution in [2.75, 3.05) is 0 Å². The summed E-state index contributed by atoms with van der Waals surface area (Å²) >= 11 is 0. The summed E-state index contributed by atoms with van der Waals surface area (Å²) in [5, 5.41) is 0. The van der Waals surface area contributed by atoms with Crippen LogP contribution in [-0.4, -0.2) is 17.4 Å². The van der Waals surface area contributed by atoms with E-state index in [2.05, 4.69) is 0 Å². The summed E-state index contributed by atoms with van der Waals surface area (Å²) < 4.78 is 5.17. The van der Waals surface area contributed by atoms with Crippen LogP contribution in [0.2, 0.25) is 0 Å². The second kappa shape index (κ2) is 4.11. The highest BCUT2D eigenvalue weighted by Crippen LogP contribution is 2.23. The first-order chi connectivity index (χ1) is 6.11. The fourth-order valence-electron chi connectivity index (χ4n) is 0.961. The van der Waals surface area contributed by atoms with E-state index in [0.29, 0.717) is 6.42 Å². The topological polar surface area (TPSA) is 43.4 Å². The number of rotatable bonds is 3. The average Bonchev–Trinajstić information content (AvgIpc) is 1.99. The van der Waals surface area contributed by atoms with Crippen molar-refractivity contribution in [2.45, 2.75) is 53.6 Å². The van der Waals surface area contributed by atoms with Gasteiger partial charge in [-0.2, -0.15) is 0 Å². The third-order valence-corrected chi connectivity index (χ3v) is 1.93. The van der Waals surface area contributed by atoms with Crippen molar-refractivity contribution in [1.29, 1.82) is 0 Å². The fourth-order valence-corrected chi connectivity index (χ4v) is 0.961. The zero-order valence-corrected chi connectivity index (χ0v) is 9.93. The molecule has 0 heterocycles. The molecule has 14 heavy (non-hydrogen) atoms. The van der Waals surface area contributed by atoms with Gasteiger partial charge >= 0.3 is 5.97 Å². The first-order valence-corrected chi connectivity index (χ1v) is 4.88. The van der Waals surface area contributed by atoms with Gasteiger partial charge in [-0.1, -0.05) is 6.92 Å². The molecule has 0 N–H and O–H groups in total. The standard InChI is InChI=1S/C11H20O3/c1-7-8(12)11(5,6)9(13)14-10(2,3)4/h7H2,1-6H3. The van der Waals surface area contributed by atoms with Crippen molar-refractivity contribution >= 4 is 11.8 Å². The van der Waals surface area contributed by atoms with Gasteiger partial charge in [-0.3, -0.25) is 9.59 Å². The Morgan fingerprint density at radius 3 is 1.79 bits per heavy atom. The van der Waals surface area contributed by atoms with Crippen LogP contribution in [0.25, 0.3) is 0 Å². The molecule has 0 aliphatic heterocycles. The number of hydrogen-bond acceptors (Lipinski definition) is 3. The molecule has 0 aromatic carbocycles. The number of ether oxygens (including phenoxy) is 1. The molecular weight excluding hydrogens is 180 g/mol. The summed E-state index contributed by atoms with van der Waals surface area (Å²) in [5.74, 6) is -0.538. The summed E-state index contributed by atoms with van der Waals surface area (Å²) in [4.78, 5) is 23.1. The van der Waals surface area contributed by atoms with Crippen LogP contribution in [0.15, 0.2) is 0 Å². The summed E-state index contributed by atoms with van der Waals surface area (Å²) in [7, 11) is 0. The van der Waals surface area contributed by atoms with Gasteiger partial charge < -0.3 is 4.74 Å². The maximum atomic E-state index is 11.6. The van der Waals surface area contributed by atoms with Gasteiger partial charge in [0.2, 0.25) is 0 Å². The largest absolute Gasteiger partial charge is 0.459 e. The molecule has 0 aromatic rings. The molecule has 0 radical (unpaired) electrons. The lowest BCUT2D eigenvalue weighted by Gasteiger charge is -2.27. The van der Waals surface area contributed by atoms with Crippen molar-refractivity contribution in [3.63, 3.8) is 0 Å². The Morgan fingerprint density at radius 1 is 1.07 bits per heavy atom. The zero-order valence-electron chi connectivity index (χ0n) is 9.93. The van der Waals surface area contributed by atoms with Crippen molar-refractivity contribution in [3.05, 3.63) is 0 Å². The summed E-state index contributed by atoms with van der Waals surface area (Å²) in [6.45, 7) is 10.3. The molecular formula is C11H20O3. The van der Waals surface area contributed by atoms with E-state index in [1.54, 1.807) is 41.5 Å². The van der Waals surface area contributed by atoms with E-state index in [1.165, 1.54) is 0 Å². The SMILES string of the molecule is CCC(=O)C(C)(C)C(=O)OC(C)(C)C. The van der Waals surface area contributed by atoms with Crippen LogP contribution in [0, 0.1) is 5.41 Å². The van der Waals surface area contributed by atoms with Gasteiger partial charge in [0.15, 0.2) is 0 Å². The number of carbonyl (C=O) groups is 2. The normalized spacial score (nSPS) is 12.4. The van der Waals surface area contributed by atoms with Crippen molar-refractivity contribution in [1.82, 2.24) is 0 Å². The molecule has 0 aliphatic carbocycles. The molecule has 0 bridgehead atoms. The monoisotopic (exact) mass is 200 g/mol. The lowest BCUT2D eigenvalue weighted by atomic mass is 9.86. The van der Waals surface area contributed by atoms with Gasteiger partial charge in [-0.05, 0) is 34.6 Å². The highest BCUT2D eigenvalue weighted by molar-refractivity contribution is 6.02. The molecule has 82 valence electrons. The van der Waals surface area contributed by atoms with E-state index in [-0.39, 0.29) is 5.78 Å². The molecule has 0 atom stereocenters. The van der Waals surface area contributed by atoms with Crippen LogP contribution in [-0.2, 0) is 14.3 Å². The molecule has 3 nitrogen and oxygen atoms in total. The van der Waals surface area contributed by atoms with Crippen LogP contribution < -0.4 is 0 Å². The maximum Gasteiger partial charge on any atom is 0.319 e. The third-order valence-electron chi connectivity index (χ3n) is 1.93. The summed E-state index contributed by atoms with van der Waals surface area (Å²) in [6.07, 6.45) is 0.353. The van der Waals surface area contributed by atoms with E-state index < -0.39 is 17.0 Å². The minimum Gasteiger partial charge on any atom is -0.459 e. The van der Waals surface area contributed by atoms with Gasteiger partial charge in [0, 0.05) is 6.42 Å². The van der Waals surface area contributed by atoms with Crippen LogP contribution >= 0.6 is 0 Å². The Bertz CT molecular complexity index is 233. The predicted octanol–water partition coefficient (Wildman–Crippen LogP) is 2.33. The van der Waals surface area contributed by atoms with Crippen molar-refractivity contribution in [2.24, 2.45) is 5.41 Å². The third kappa shape index (κ3) is 3.48. The van der Waals surface area contributed by atoms with E-state index in [1.807, 2.05) is 0 Å². The Kier molecular flexibility index (Phi) is 3.86. The number of ketones is 1. The smallest absolute Gasteiger partial charge is 0.319 e. The first kappa shape index (κ1) is 13.1. The molecule has 0 saturated heterocycles. The predicted molar refractivity (Wildman–Crippen MR) is 54.9 cm³/mol. The average molecular weight is 200 g/mol. The molecule has 0 spiro atoms. The number of hydrogen-bond donors (Lipinski definition) is 0. The van der Waals surface area contributed by atoms with Crippen LogP contribution in [0.1, 0.15) is 48.0 Å². The quantitative estimate of drug-likeness (QED) is 0.518. The molecule has 0 fully saturated rings. The highest BCUT2D eigenvalue weighted by atomic mass is 16.6. The van der Waals surface area contributed by atoms with E-state index in [0.717, 1.165) is 0 Å². The number of Topliss-reactive ketones (excluding diaryl/α,β-unsaturated/α-hetero) is 1. The van der Waals surface area contributed by atoms with Gasteiger partial charge in [0.05, 0.1) is 0 Å². The van der Waals surface area contributed by atoms with Gasteiger partial charge in [-0.25, -0.2) is 0 Å². The van der Waals surface area contributed by atoms with Crippen LogP contribution in [0.3, 0.4) is 0 Å². The van der Waals surface area contributed by atoms with Gasteiger partial charge in [0.1, 0.15) is 16.8 Å². The molecule has 0 aromatic heterocycles. The van der Waals surface area contributed by atoms with E-state index >= 15 is 0 Å². The lowest BCUT2D eigenvalue weighted by Crippen LogP contribution is -2.39. The summed E-state index contributed by atoms with van der Waals surface area (Å²) in [6, 6.07) is 0. The number of carbonyl (C=O) groups excluding carboxylic acids is 2. The minimum absolute atomic E-state index is 0.0910. The number of esters is 1. The Morgan fingerprint density at radius 2 is 1.50 bits per heavy atom. The molecule has 0 aliphatic rings. The van der Waals surface area contributed by atoms with Crippen molar-refractivity contribution < 1.29 is 14.3 Å². The van der Waals surface area contributed by atoms with E-state index in [4.69, 9.17) is 4.74 Å². The molecule has 3 heteroatoms. The lowest BCUT2D eigenvalue weighted by molar-refractivity contribution is -0.168. The highest BCUT2D eigenvalue weighted by Gasteiger charge is 2.38. The summed E-state index contributed by atoms with van der Waals surface area (Å²) in [5.41, 5.74) is -1.57.